The fourth-order valence-electron chi connectivity index (χ4n) is 1.49. The van der Waals surface area contributed by atoms with Gasteiger partial charge in [0.05, 0.1) is 23.2 Å². The van der Waals surface area contributed by atoms with Crippen LogP contribution in [0.3, 0.4) is 0 Å². The number of benzene rings is 1. The molecule has 0 aliphatic carbocycles. The van der Waals surface area contributed by atoms with Gasteiger partial charge in [-0.05, 0) is 0 Å². The molecule has 0 fully saturated rings. The van der Waals surface area contributed by atoms with Crippen LogP contribution in [0.5, 0.6) is 5.75 Å². The SMILES string of the molecule is COc1cc2c(cc1[N+](=O)[O-])C(=O)NC2=O. The van der Waals surface area contributed by atoms with E-state index in [9.17, 15) is 19.7 Å². The van der Waals surface area contributed by atoms with Crippen molar-refractivity contribution in [1.82, 2.24) is 5.32 Å². The van der Waals surface area contributed by atoms with Crippen molar-refractivity contribution in [2.75, 3.05) is 7.11 Å². The molecule has 2 rings (SSSR count). The summed E-state index contributed by atoms with van der Waals surface area (Å²) >= 11 is 0. The highest BCUT2D eigenvalue weighted by atomic mass is 16.6. The van der Waals surface area contributed by atoms with E-state index in [0.717, 1.165) is 6.07 Å². The molecule has 1 aliphatic heterocycles. The summed E-state index contributed by atoms with van der Waals surface area (Å²) in [5.41, 5.74) is -0.254. The molecule has 0 aromatic heterocycles. The van der Waals surface area contributed by atoms with Crippen LogP contribution in [0, 0.1) is 10.1 Å². The zero-order valence-electron chi connectivity index (χ0n) is 8.14. The molecule has 7 heteroatoms. The maximum atomic E-state index is 11.3. The quantitative estimate of drug-likeness (QED) is 0.446. The number of hydrogen-bond acceptors (Lipinski definition) is 5. The van der Waals surface area contributed by atoms with Crippen molar-refractivity contribution in [1.29, 1.82) is 0 Å². The second-order valence-electron chi connectivity index (χ2n) is 3.11. The number of nitrogens with zero attached hydrogens (tertiary/aromatic N) is 1. The van der Waals surface area contributed by atoms with Crippen LogP contribution < -0.4 is 10.1 Å². The van der Waals surface area contributed by atoms with Gasteiger partial charge in [-0.2, -0.15) is 0 Å². The molecule has 0 radical (unpaired) electrons. The Balaban J connectivity index is 2.69. The number of carbonyl (C=O) groups is 2. The lowest BCUT2D eigenvalue weighted by Crippen LogP contribution is -2.19. The second kappa shape index (κ2) is 3.30. The molecule has 16 heavy (non-hydrogen) atoms. The molecule has 0 saturated heterocycles. The topological polar surface area (TPSA) is 98.5 Å². The third kappa shape index (κ3) is 1.29. The largest absolute Gasteiger partial charge is 0.490 e. The Morgan fingerprint density at radius 2 is 1.81 bits per heavy atom. The maximum Gasteiger partial charge on any atom is 0.311 e. The Labute approximate surface area is 89.2 Å². The van der Waals surface area contributed by atoms with E-state index >= 15 is 0 Å². The van der Waals surface area contributed by atoms with Crippen LogP contribution >= 0.6 is 0 Å². The van der Waals surface area contributed by atoms with Gasteiger partial charge in [0.25, 0.3) is 11.8 Å². The number of nitrogens with one attached hydrogen (secondary N) is 1. The fraction of sp³-hybridized carbons (Fsp3) is 0.111. The molecule has 0 saturated carbocycles. The van der Waals surface area contributed by atoms with Crippen LogP contribution in [0.1, 0.15) is 20.7 Å². The average molecular weight is 222 g/mol. The number of nitro benzene ring substituents is 1. The van der Waals surface area contributed by atoms with E-state index in [1.54, 1.807) is 0 Å². The van der Waals surface area contributed by atoms with Crippen molar-refractivity contribution in [2.24, 2.45) is 0 Å². The molecular formula is C9H6N2O5. The highest BCUT2D eigenvalue weighted by Gasteiger charge is 2.31. The molecular weight excluding hydrogens is 216 g/mol. The number of methoxy groups -OCH3 is 1. The molecule has 2 amide bonds. The van der Waals surface area contributed by atoms with Crippen LogP contribution in [0.4, 0.5) is 5.69 Å². The predicted octanol–water partition coefficient (Wildman–Crippen LogP) is 0.487. The van der Waals surface area contributed by atoms with Crippen LogP contribution in [0.25, 0.3) is 0 Å². The van der Waals surface area contributed by atoms with Crippen LogP contribution in [-0.4, -0.2) is 23.8 Å². The van der Waals surface area contributed by atoms with Gasteiger partial charge in [-0.1, -0.05) is 0 Å². The highest BCUT2D eigenvalue weighted by Crippen LogP contribution is 2.32. The van der Waals surface area contributed by atoms with Gasteiger partial charge in [-0.15, -0.1) is 0 Å². The number of imide groups is 1. The molecule has 1 aliphatic rings. The first-order valence-electron chi connectivity index (χ1n) is 4.26. The summed E-state index contributed by atoms with van der Waals surface area (Å²) in [7, 11) is 1.25. The van der Waals surface area contributed by atoms with Crippen molar-refractivity contribution >= 4 is 17.5 Å². The number of amides is 2. The van der Waals surface area contributed by atoms with Gasteiger partial charge in [0.15, 0.2) is 5.75 Å². The van der Waals surface area contributed by atoms with Crippen LogP contribution in [0.15, 0.2) is 12.1 Å². The number of hydrogen-bond donors (Lipinski definition) is 1. The predicted molar refractivity (Wildman–Crippen MR) is 51.4 cm³/mol. The Kier molecular flexibility index (Phi) is 2.08. The van der Waals surface area contributed by atoms with Crippen molar-refractivity contribution < 1.29 is 19.2 Å². The van der Waals surface area contributed by atoms with Gasteiger partial charge in [0, 0.05) is 12.1 Å². The number of fused-ring (bicyclic) bond motifs is 1. The second-order valence-corrected chi connectivity index (χ2v) is 3.11. The van der Waals surface area contributed by atoms with E-state index in [2.05, 4.69) is 0 Å². The zero-order chi connectivity index (χ0) is 11.9. The van der Waals surface area contributed by atoms with E-state index < -0.39 is 16.7 Å². The Hall–Kier alpha value is -2.44. The van der Waals surface area contributed by atoms with Crippen molar-refractivity contribution in [3.8, 4) is 5.75 Å². The molecule has 0 atom stereocenters. The van der Waals surface area contributed by atoms with E-state index in [0.29, 0.717) is 0 Å². The van der Waals surface area contributed by atoms with E-state index in [4.69, 9.17) is 4.74 Å². The first-order chi connectivity index (χ1) is 7.54. The maximum absolute atomic E-state index is 11.3. The summed E-state index contributed by atoms with van der Waals surface area (Å²) < 4.78 is 4.78. The molecule has 1 N–H and O–H groups in total. The number of carbonyl (C=O) groups excluding carboxylic acids is 2. The number of ether oxygens (including phenoxy) is 1. The molecule has 1 heterocycles. The fourth-order valence-corrected chi connectivity index (χ4v) is 1.49. The molecule has 82 valence electrons. The highest BCUT2D eigenvalue weighted by molar-refractivity contribution is 6.22. The Morgan fingerprint density at radius 1 is 1.25 bits per heavy atom. The number of rotatable bonds is 2. The lowest BCUT2D eigenvalue weighted by atomic mass is 10.1. The normalized spacial score (nSPS) is 13.3. The molecule has 1 aromatic carbocycles. The third-order valence-corrected chi connectivity index (χ3v) is 2.23. The summed E-state index contributed by atoms with van der Waals surface area (Å²) in [6.07, 6.45) is 0. The molecule has 1 aromatic rings. The summed E-state index contributed by atoms with van der Waals surface area (Å²) in [5.74, 6) is -1.26. The van der Waals surface area contributed by atoms with Crippen molar-refractivity contribution in [3.05, 3.63) is 33.4 Å². The number of nitro groups is 1. The summed E-state index contributed by atoms with van der Waals surface area (Å²) in [6.45, 7) is 0. The van der Waals surface area contributed by atoms with Crippen molar-refractivity contribution in [3.63, 3.8) is 0 Å². The first-order valence-corrected chi connectivity index (χ1v) is 4.26. The van der Waals surface area contributed by atoms with Crippen molar-refractivity contribution in [2.45, 2.75) is 0 Å². The molecule has 0 unspecified atom stereocenters. The summed E-state index contributed by atoms with van der Waals surface area (Å²) in [5, 5.41) is 12.7. The molecule has 0 spiro atoms. The average Bonchev–Trinajstić information content (AvgIpc) is 2.52. The Morgan fingerprint density at radius 3 is 2.31 bits per heavy atom. The standard InChI is InChI=1S/C9H6N2O5/c1-16-7-3-5-4(2-6(7)11(14)15)8(12)10-9(5)13/h2-3H,1H3,(H,10,12,13). The molecule has 0 bridgehead atoms. The monoisotopic (exact) mass is 222 g/mol. The minimum Gasteiger partial charge on any atom is -0.490 e. The summed E-state index contributed by atoms with van der Waals surface area (Å²) in [6, 6.07) is 2.22. The van der Waals surface area contributed by atoms with E-state index in [1.807, 2.05) is 5.32 Å². The minimum absolute atomic E-state index is 0.00231. The first kappa shape index (κ1) is 10.1. The van der Waals surface area contributed by atoms with Gasteiger partial charge in [0.1, 0.15) is 0 Å². The third-order valence-electron chi connectivity index (χ3n) is 2.23. The van der Waals surface area contributed by atoms with Crippen LogP contribution in [0.2, 0.25) is 0 Å². The van der Waals surface area contributed by atoms with Gasteiger partial charge in [0.2, 0.25) is 0 Å². The van der Waals surface area contributed by atoms with E-state index in [-0.39, 0.29) is 22.6 Å². The smallest absolute Gasteiger partial charge is 0.311 e. The van der Waals surface area contributed by atoms with Gasteiger partial charge < -0.3 is 4.74 Å². The van der Waals surface area contributed by atoms with Crippen LogP contribution in [-0.2, 0) is 0 Å². The van der Waals surface area contributed by atoms with Gasteiger partial charge in [-0.25, -0.2) is 0 Å². The summed E-state index contributed by atoms with van der Waals surface area (Å²) in [4.78, 5) is 32.5. The lowest BCUT2D eigenvalue weighted by molar-refractivity contribution is -0.385. The lowest BCUT2D eigenvalue weighted by Gasteiger charge is -2.02. The van der Waals surface area contributed by atoms with Gasteiger partial charge >= 0.3 is 5.69 Å². The van der Waals surface area contributed by atoms with Gasteiger partial charge in [-0.3, -0.25) is 25.0 Å². The Bertz CT molecular complexity index is 523. The minimum atomic E-state index is -0.671. The van der Waals surface area contributed by atoms with E-state index in [1.165, 1.54) is 13.2 Å². The zero-order valence-corrected chi connectivity index (χ0v) is 8.14. The molecule has 7 nitrogen and oxygen atoms in total.